The second kappa shape index (κ2) is 4.91. The molecular weight excluding hydrogens is 287 g/mol. The van der Waals surface area contributed by atoms with Gasteiger partial charge in [0.05, 0.1) is 0 Å². The summed E-state index contributed by atoms with van der Waals surface area (Å²) in [4.78, 5) is 11.3. The van der Waals surface area contributed by atoms with Crippen LogP contribution in [-0.4, -0.2) is 5.78 Å². The Kier molecular flexibility index (Phi) is 4.11. The first kappa shape index (κ1) is 11.7. The van der Waals surface area contributed by atoms with Crippen LogP contribution in [0.25, 0.3) is 0 Å². The molecule has 0 unspecified atom stereocenters. The number of ketones is 1. The normalized spacial score (nSPS) is 10.3. The molecule has 0 N–H and O–H groups in total. The van der Waals surface area contributed by atoms with Gasteiger partial charge in [-0.15, -0.1) is 0 Å². The van der Waals surface area contributed by atoms with Crippen molar-refractivity contribution in [1.29, 1.82) is 0 Å². The first-order chi connectivity index (χ1) is 6.54. The van der Waals surface area contributed by atoms with Gasteiger partial charge in [0.1, 0.15) is 5.78 Å². The molecule has 0 amide bonds. The van der Waals surface area contributed by atoms with E-state index in [1.165, 1.54) is 20.3 Å². The summed E-state index contributed by atoms with van der Waals surface area (Å²) in [5.74, 6) is 0.314. The van der Waals surface area contributed by atoms with Gasteiger partial charge in [-0.2, -0.15) is 0 Å². The van der Waals surface area contributed by atoms with Crippen molar-refractivity contribution in [3.8, 4) is 0 Å². The number of rotatable bonds is 3. The Morgan fingerprint density at radius 3 is 2.50 bits per heavy atom. The number of hydrogen-bond donors (Lipinski definition) is 0. The Morgan fingerprint density at radius 1 is 1.29 bits per heavy atom. The van der Waals surface area contributed by atoms with E-state index in [4.69, 9.17) is 0 Å². The molecule has 0 bridgehead atoms. The summed E-state index contributed by atoms with van der Waals surface area (Å²) < 4.78 is 1.27. The van der Waals surface area contributed by atoms with E-state index < -0.39 is 0 Å². The Morgan fingerprint density at radius 2 is 1.93 bits per heavy atom. The van der Waals surface area contributed by atoms with Gasteiger partial charge in [-0.25, -0.2) is 0 Å². The predicted molar refractivity (Wildman–Crippen MR) is 67.6 cm³/mol. The Labute approximate surface area is 99.0 Å². The molecule has 0 heterocycles. The first-order valence-corrected chi connectivity index (χ1v) is 5.89. The fourth-order valence-electron chi connectivity index (χ4n) is 1.37. The first-order valence-electron chi connectivity index (χ1n) is 4.82. The van der Waals surface area contributed by atoms with Gasteiger partial charge >= 0.3 is 0 Å². The molecule has 0 fully saturated rings. The maximum absolute atomic E-state index is 11.3. The maximum Gasteiger partial charge on any atom is 0.137 e. The molecule has 0 aromatic heterocycles. The monoisotopic (exact) mass is 302 g/mol. The van der Waals surface area contributed by atoms with Gasteiger partial charge < -0.3 is 0 Å². The molecule has 1 aromatic carbocycles. The maximum atomic E-state index is 11.3. The molecule has 0 atom stereocenters. The van der Waals surface area contributed by atoms with Crippen molar-refractivity contribution in [3.05, 3.63) is 32.4 Å². The molecule has 76 valence electrons. The number of carbonyl (C=O) groups excluding carboxylic acids is 1. The van der Waals surface area contributed by atoms with E-state index in [-0.39, 0.29) is 0 Å². The van der Waals surface area contributed by atoms with E-state index in [2.05, 4.69) is 48.6 Å². The van der Waals surface area contributed by atoms with Crippen LogP contribution >= 0.6 is 22.6 Å². The summed E-state index contributed by atoms with van der Waals surface area (Å²) in [5.41, 5.74) is 3.66. The Balaban J connectivity index is 2.98. The molecule has 0 saturated carbocycles. The van der Waals surface area contributed by atoms with E-state index in [0.717, 1.165) is 0 Å². The average Bonchev–Trinajstić information content (AvgIpc) is 2.14. The second-order valence-electron chi connectivity index (χ2n) is 3.60. The van der Waals surface area contributed by atoms with Gasteiger partial charge in [-0.05, 0) is 59.2 Å². The summed E-state index contributed by atoms with van der Waals surface area (Å²) in [5, 5.41) is 0. The van der Waals surface area contributed by atoms with Crippen molar-refractivity contribution in [2.45, 2.75) is 33.6 Å². The number of aryl methyl sites for hydroxylation is 2. The van der Waals surface area contributed by atoms with E-state index in [1.807, 2.05) is 6.92 Å². The molecule has 1 nitrogen and oxygen atoms in total. The molecule has 0 aliphatic rings. The highest BCUT2D eigenvalue weighted by molar-refractivity contribution is 14.1. The standard InChI is InChI=1S/C12H15IO/c1-4-11(14)7-10-5-9(3)12(13)6-8(10)2/h5-6H,4,7H2,1-3H3. The lowest BCUT2D eigenvalue weighted by Crippen LogP contribution is -2.03. The molecule has 1 aromatic rings. The molecule has 0 spiro atoms. The van der Waals surface area contributed by atoms with Gasteiger partial charge in [-0.1, -0.05) is 13.0 Å². The van der Waals surface area contributed by atoms with Crippen LogP contribution in [0.3, 0.4) is 0 Å². The van der Waals surface area contributed by atoms with Crippen LogP contribution in [0.2, 0.25) is 0 Å². The minimum atomic E-state index is 0.314. The smallest absolute Gasteiger partial charge is 0.137 e. The van der Waals surface area contributed by atoms with Crippen molar-refractivity contribution in [2.75, 3.05) is 0 Å². The van der Waals surface area contributed by atoms with E-state index in [9.17, 15) is 4.79 Å². The highest BCUT2D eigenvalue weighted by atomic mass is 127. The zero-order valence-electron chi connectivity index (χ0n) is 8.86. The molecule has 2 heteroatoms. The van der Waals surface area contributed by atoms with Crippen molar-refractivity contribution in [2.24, 2.45) is 0 Å². The quantitative estimate of drug-likeness (QED) is 0.782. The number of halogens is 1. The Hall–Kier alpha value is -0.380. The fourth-order valence-corrected chi connectivity index (χ4v) is 1.99. The molecular formula is C12H15IO. The van der Waals surface area contributed by atoms with Crippen molar-refractivity contribution >= 4 is 28.4 Å². The van der Waals surface area contributed by atoms with E-state index in [0.29, 0.717) is 18.6 Å². The lowest BCUT2D eigenvalue weighted by atomic mass is 10.0. The third-order valence-corrected chi connectivity index (χ3v) is 3.56. The van der Waals surface area contributed by atoms with Crippen LogP contribution < -0.4 is 0 Å². The lowest BCUT2D eigenvalue weighted by Gasteiger charge is -2.07. The summed E-state index contributed by atoms with van der Waals surface area (Å²) in [6.45, 7) is 6.07. The SMILES string of the molecule is CCC(=O)Cc1cc(C)c(I)cc1C. The van der Waals surface area contributed by atoms with E-state index >= 15 is 0 Å². The third kappa shape index (κ3) is 2.80. The number of benzene rings is 1. The van der Waals surface area contributed by atoms with Crippen molar-refractivity contribution in [3.63, 3.8) is 0 Å². The molecule has 0 radical (unpaired) electrons. The van der Waals surface area contributed by atoms with Crippen LogP contribution in [-0.2, 0) is 11.2 Å². The lowest BCUT2D eigenvalue weighted by molar-refractivity contribution is -0.118. The van der Waals surface area contributed by atoms with Crippen molar-refractivity contribution < 1.29 is 4.79 Å². The average molecular weight is 302 g/mol. The van der Waals surface area contributed by atoms with Crippen LogP contribution in [0, 0.1) is 17.4 Å². The fraction of sp³-hybridized carbons (Fsp3) is 0.417. The largest absolute Gasteiger partial charge is 0.299 e. The van der Waals surface area contributed by atoms with Crippen LogP contribution in [0.1, 0.15) is 30.0 Å². The summed E-state index contributed by atoms with van der Waals surface area (Å²) in [6.07, 6.45) is 1.21. The second-order valence-corrected chi connectivity index (χ2v) is 4.76. The van der Waals surface area contributed by atoms with Crippen molar-refractivity contribution in [1.82, 2.24) is 0 Å². The highest BCUT2D eigenvalue weighted by Gasteiger charge is 2.06. The van der Waals surface area contributed by atoms with Crippen LogP contribution in [0.4, 0.5) is 0 Å². The van der Waals surface area contributed by atoms with Gasteiger partial charge in [0.2, 0.25) is 0 Å². The minimum Gasteiger partial charge on any atom is -0.299 e. The van der Waals surface area contributed by atoms with Gasteiger partial charge in [0.15, 0.2) is 0 Å². The van der Waals surface area contributed by atoms with Gasteiger partial charge in [-0.3, -0.25) is 4.79 Å². The van der Waals surface area contributed by atoms with Gasteiger partial charge in [0, 0.05) is 16.4 Å². The topological polar surface area (TPSA) is 17.1 Å². The predicted octanol–water partition coefficient (Wildman–Crippen LogP) is 3.43. The molecule has 1 rings (SSSR count). The molecule has 0 saturated heterocycles. The molecule has 14 heavy (non-hydrogen) atoms. The zero-order chi connectivity index (χ0) is 10.7. The summed E-state index contributed by atoms with van der Waals surface area (Å²) in [7, 11) is 0. The van der Waals surface area contributed by atoms with Crippen LogP contribution in [0.15, 0.2) is 12.1 Å². The summed E-state index contributed by atoms with van der Waals surface area (Å²) in [6, 6.07) is 4.28. The molecule has 0 aliphatic carbocycles. The summed E-state index contributed by atoms with van der Waals surface area (Å²) >= 11 is 2.32. The number of hydrogen-bond acceptors (Lipinski definition) is 1. The third-order valence-electron chi connectivity index (χ3n) is 2.40. The Bertz CT molecular complexity index is 356. The minimum absolute atomic E-state index is 0.314. The van der Waals surface area contributed by atoms with Gasteiger partial charge in [0.25, 0.3) is 0 Å². The number of Topliss-reactive ketones (excluding diaryl/α,β-unsaturated/α-hetero) is 1. The highest BCUT2D eigenvalue weighted by Crippen LogP contribution is 2.18. The number of carbonyl (C=O) groups is 1. The zero-order valence-corrected chi connectivity index (χ0v) is 11.0. The van der Waals surface area contributed by atoms with E-state index in [1.54, 1.807) is 0 Å². The molecule has 0 aliphatic heterocycles. The van der Waals surface area contributed by atoms with Crippen LogP contribution in [0.5, 0.6) is 0 Å².